The largest absolute Gasteiger partial charge is 0.376 e. The zero-order chi connectivity index (χ0) is 15.9. The Morgan fingerprint density at radius 2 is 1.82 bits per heavy atom. The van der Waals surface area contributed by atoms with Gasteiger partial charge in [-0.3, -0.25) is 10.1 Å². The van der Waals surface area contributed by atoms with Crippen LogP contribution in [0.2, 0.25) is 0 Å². The molecule has 0 radical (unpaired) electrons. The van der Waals surface area contributed by atoms with Crippen LogP contribution in [0.5, 0.6) is 0 Å². The number of carbonyl (C=O) groups is 2. The summed E-state index contributed by atoms with van der Waals surface area (Å²) in [6.45, 7) is 1.96. The van der Waals surface area contributed by atoms with E-state index in [-0.39, 0.29) is 6.54 Å². The number of benzene rings is 2. The maximum absolute atomic E-state index is 11.8. The molecule has 3 amide bonds. The van der Waals surface area contributed by atoms with Crippen LogP contribution in [0.1, 0.15) is 5.56 Å². The molecule has 0 aliphatic rings. The molecule has 0 aliphatic heterocycles. The molecule has 0 aliphatic carbocycles. The van der Waals surface area contributed by atoms with Gasteiger partial charge in [-0.2, -0.15) is 0 Å². The molecule has 0 saturated heterocycles. The van der Waals surface area contributed by atoms with Crippen molar-refractivity contribution in [1.82, 2.24) is 5.32 Å². The van der Waals surface area contributed by atoms with Crippen LogP contribution in [0.4, 0.5) is 16.2 Å². The molecule has 0 aromatic heterocycles. The molecular weight excluding hydrogens is 346 g/mol. The first-order valence-corrected chi connectivity index (χ1v) is 7.50. The van der Waals surface area contributed by atoms with Crippen molar-refractivity contribution in [2.24, 2.45) is 0 Å². The van der Waals surface area contributed by atoms with Crippen molar-refractivity contribution >= 4 is 39.2 Å². The molecule has 2 rings (SSSR count). The number of rotatable bonds is 4. The van der Waals surface area contributed by atoms with Crippen molar-refractivity contribution in [3.8, 4) is 0 Å². The first kappa shape index (κ1) is 16.0. The molecule has 0 heterocycles. The molecule has 2 aromatic carbocycles. The number of hydrogen-bond donors (Lipinski definition) is 3. The molecule has 0 fully saturated rings. The summed E-state index contributed by atoms with van der Waals surface area (Å²) in [5, 5.41) is 7.85. The van der Waals surface area contributed by atoms with E-state index in [9.17, 15) is 9.59 Å². The Hall–Kier alpha value is -2.34. The van der Waals surface area contributed by atoms with Gasteiger partial charge in [0.25, 0.3) is 0 Å². The van der Waals surface area contributed by atoms with E-state index in [2.05, 4.69) is 31.9 Å². The van der Waals surface area contributed by atoms with Gasteiger partial charge in [-0.25, -0.2) is 4.79 Å². The normalized spacial score (nSPS) is 9.91. The quantitative estimate of drug-likeness (QED) is 0.780. The topological polar surface area (TPSA) is 70.2 Å². The van der Waals surface area contributed by atoms with Gasteiger partial charge < -0.3 is 10.6 Å². The summed E-state index contributed by atoms with van der Waals surface area (Å²) < 4.78 is 0.974. The van der Waals surface area contributed by atoms with E-state index >= 15 is 0 Å². The fraction of sp³-hybridized carbons (Fsp3) is 0.125. The molecule has 0 spiro atoms. The fourth-order valence-electron chi connectivity index (χ4n) is 1.86. The number of imide groups is 1. The zero-order valence-corrected chi connectivity index (χ0v) is 13.6. The highest BCUT2D eigenvalue weighted by Gasteiger charge is 2.08. The number of anilines is 2. The van der Waals surface area contributed by atoms with E-state index in [1.807, 2.05) is 31.2 Å². The molecule has 0 unspecified atom stereocenters. The molecule has 0 saturated carbocycles. The molecule has 2 aromatic rings. The summed E-state index contributed by atoms with van der Waals surface area (Å²) in [5.41, 5.74) is 2.49. The number of amides is 3. The highest BCUT2D eigenvalue weighted by molar-refractivity contribution is 9.10. The van der Waals surface area contributed by atoms with Gasteiger partial charge in [0.15, 0.2) is 0 Å². The van der Waals surface area contributed by atoms with E-state index in [0.717, 1.165) is 15.7 Å². The van der Waals surface area contributed by atoms with Gasteiger partial charge in [-0.1, -0.05) is 34.1 Å². The van der Waals surface area contributed by atoms with Crippen LogP contribution < -0.4 is 16.0 Å². The molecule has 22 heavy (non-hydrogen) atoms. The molecular formula is C16H16BrN3O2. The Morgan fingerprint density at radius 3 is 2.50 bits per heavy atom. The van der Waals surface area contributed by atoms with Gasteiger partial charge in [-0.15, -0.1) is 0 Å². The Balaban J connectivity index is 1.81. The van der Waals surface area contributed by atoms with Gasteiger partial charge >= 0.3 is 6.03 Å². The van der Waals surface area contributed by atoms with E-state index < -0.39 is 11.9 Å². The van der Waals surface area contributed by atoms with Gasteiger partial charge in [0.2, 0.25) is 5.91 Å². The Morgan fingerprint density at radius 1 is 1.09 bits per heavy atom. The average Bonchev–Trinajstić information content (AvgIpc) is 2.47. The number of halogens is 1. The van der Waals surface area contributed by atoms with Crippen molar-refractivity contribution in [2.75, 3.05) is 17.2 Å². The number of nitrogens with one attached hydrogen (secondary N) is 3. The lowest BCUT2D eigenvalue weighted by atomic mass is 10.2. The Bertz CT molecular complexity index is 674. The number of urea groups is 1. The lowest BCUT2D eigenvalue weighted by molar-refractivity contribution is -0.118. The minimum Gasteiger partial charge on any atom is -0.376 e. The Labute approximate surface area is 137 Å². The molecule has 114 valence electrons. The lowest BCUT2D eigenvalue weighted by Gasteiger charge is -2.10. The summed E-state index contributed by atoms with van der Waals surface area (Å²) in [4.78, 5) is 23.4. The lowest BCUT2D eigenvalue weighted by Crippen LogP contribution is -2.38. The predicted molar refractivity (Wildman–Crippen MR) is 91.0 cm³/mol. The van der Waals surface area contributed by atoms with E-state index in [1.54, 1.807) is 24.3 Å². The second-order valence-corrected chi connectivity index (χ2v) is 5.60. The van der Waals surface area contributed by atoms with Crippen LogP contribution in [-0.2, 0) is 4.79 Å². The summed E-state index contributed by atoms with van der Waals surface area (Å²) in [7, 11) is 0. The SMILES string of the molecule is Cc1cc(Br)ccc1NCC(=O)NC(=O)Nc1ccccc1. The average molecular weight is 362 g/mol. The monoisotopic (exact) mass is 361 g/mol. The first-order valence-electron chi connectivity index (χ1n) is 6.70. The van der Waals surface area contributed by atoms with Gasteiger partial charge in [0.05, 0.1) is 6.54 Å². The van der Waals surface area contributed by atoms with Crippen molar-refractivity contribution in [3.05, 3.63) is 58.6 Å². The van der Waals surface area contributed by atoms with Crippen LogP contribution in [0.3, 0.4) is 0 Å². The Kier molecular flexibility index (Phi) is 5.55. The van der Waals surface area contributed by atoms with Crippen molar-refractivity contribution in [2.45, 2.75) is 6.92 Å². The summed E-state index contributed by atoms with van der Waals surface area (Å²) >= 11 is 3.38. The maximum Gasteiger partial charge on any atom is 0.325 e. The zero-order valence-electron chi connectivity index (χ0n) is 12.0. The molecule has 5 nitrogen and oxygen atoms in total. The second kappa shape index (κ2) is 7.61. The smallest absolute Gasteiger partial charge is 0.325 e. The number of carbonyl (C=O) groups excluding carboxylic acids is 2. The van der Waals surface area contributed by atoms with Crippen LogP contribution in [0.15, 0.2) is 53.0 Å². The van der Waals surface area contributed by atoms with Gasteiger partial charge in [0.1, 0.15) is 0 Å². The maximum atomic E-state index is 11.8. The third-order valence-electron chi connectivity index (χ3n) is 2.91. The highest BCUT2D eigenvalue weighted by Crippen LogP contribution is 2.19. The predicted octanol–water partition coefficient (Wildman–Crippen LogP) is 3.52. The van der Waals surface area contributed by atoms with E-state index in [4.69, 9.17) is 0 Å². The summed E-state index contributed by atoms with van der Waals surface area (Å²) in [6.07, 6.45) is 0. The number of hydrogen-bond acceptors (Lipinski definition) is 3. The van der Waals surface area contributed by atoms with Crippen LogP contribution in [-0.4, -0.2) is 18.5 Å². The third kappa shape index (κ3) is 4.89. The van der Waals surface area contributed by atoms with E-state index in [1.165, 1.54) is 0 Å². The van der Waals surface area contributed by atoms with Crippen molar-refractivity contribution < 1.29 is 9.59 Å². The number of aryl methyl sites for hydroxylation is 1. The van der Waals surface area contributed by atoms with Crippen molar-refractivity contribution in [3.63, 3.8) is 0 Å². The van der Waals surface area contributed by atoms with Crippen LogP contribution >= 0.6 is 15.9 Å². The van der Waals surface area contributed by atoms with Gasteiger partial charge in [0, 0.05) is 15.8 Å². The number of para-hydroxylation sites is 1. The third-order valence-corrected chi connectivity index (χ3v) is 3.41. The van der Waals surface area contributed by atoms with Gasteiger partial charge in [-0.05, 0) is 42.8 Å². The minimum absolute atomic E-state index is 0.0185. The molecule has 6 heteroatoms. The second-order valence-electron chi connectivity index (χ2n) is 4.68. The minimum atomic E-state index is -0.550. The standard InChI is InChI=1S/C16H16BrN3O2/c1-11-9-12(17)7-8-14(11)18-10-15(21)20-16(22)19-13-5-3-2-4-6-13/h2-9,18H,10H2,1H3,(H2,19,20,21,22). The highest BCUT2D eigenvalue weighted by atomic mass is 79.9. The van der Waals surface area contributed by atoms with Crippen LogP contribution in [0.25, 0.3) is 0 Å². The molecule has 0 atom stereocenters. The molecule has 3 N–H and O–H groups in total. The fourth-order valence-corrected chi connectivity index (χ4v) is 2.33. The van der Waals surface area contributed by atoms with Crippen molar-refractivity contribution in [1.29, 1.82) is 0 Å². The molecule has 0 bridgehead atoms. The first-order chi connectivity index (χ1) is 10.5. The van der Waals surface area contributed by atoms with E-state index in [0.29, 0.717) is 5.69 Å². The summed E-state index contributed by atoms with van der Waals surface area (Å²) in [5.74, 6) is -0.407. The summed E-state index contributed by atoms with van der Waals surface area (Å²) in [6, 6.07) is 14.1. The van der Waals surface area contributed by atoms with Crippen LogP contribution in [0, 0.1) is 6.92 Å².